The molecule has 0 aliphatic heterocycles. The van der Waals surface area contributed by atoms with Crippen LogP contribution in [0, 0.1) is 16.0 Å². The van der Waals surface area contributed by atoms with Gasteiger partial charge in [-0.3, -0.25) is 14.9 Å². The summed E-state index contributed by atoms with van der Waals surface area (Å²) in [6.45, 7) is 5.15. The van der Waals surface area contributed by atoms with Crippen LogP contribution in [-0.2, 0) is 11.2 Å². The Morgan fingerprint density at radius 3 is 2.85 bits per heavy atom. The quantitative estimate of drug-likeness (QED) is 0.647. The molecule has 0 radical (unpaired) electrons. The summed E-state index contributed by atoms with van der Waals surface area (Å²) >= 11 is 0. The zero-order valence-corrected chi connectivity index (χ0v) is 10.9. The van der Waals surface area contributed by atoms with Crippen LogP contribution < -0.4 is 0 Å². The van der Waals surface area contributed by atoms with Crippen LogP contribution in [0.25, 0.3) is 17.0 Å². The Hall–Kier alpha value is -2.63. The number of H-pyrrole nitrogens is 1. The summed E-state index contributed by atoms with van der Waals surface area (Å²) in [5.41, 5.74) is 1.64. The van der Waals surface area contributed by atoms with Crippen LogP contribution in [0.5, 0.6) is 0 Å². The van der Waals surface area contributed by atoms with E-state index < -0.39 is 16.8 Å². The maximum absolute atomic E-state index is 11.3. The summed E-state index contributed by atoms with van der Waals surface area (Å²) in [5, 5.41) is 20.7. The minimum atomic E-state index is -0.929. The second-order valence-corrected chi connectivity index (χ2v) is 4.64. The Balaban J connectivity index is 2.65. The summed E-state index contributed by atoms with van der Waals surface area (Å²) in [6.07, 6.45) is 3.29. The average Bonchev–Trinajstić information content (AvgIpc) is 2.80. The van der Waals surface area contributed by atoms with E-state index in [-0.39, 0.29) is 12.1 Å². The molecule has 1 aromatic carbocycles. The predicted octanol–water partition coefficient (Wildman–Crippen LogP) is 2.98. The zero-order chi connectivity index (χ0) is 14.9. The smallest absolute Gasteiger partial charge is 0.306 e. The lowest BCUT2D eigenvalue weighted by Crippen LogP contribution is -2.12. The molecule has 2 rings (SSSR count). The molecule has 0 saturated heterocycles. The molecule has 6 nitrogen and oxygen atoms in total. The van der Waals surface area contributed by atoms with Gasteiger partial charge in [0.05, 0.1) is 27.3 Å². The van der Waals surface area contributed by atoms with E-state index in [0.717, 1.165) is 0 Å². The van der Waals surface area contributed by atoms with Crippen LogP contribution in [0.1, 0.15) is 18.1 Å². The van der Waals surface area contributed by atoms with Crippen LogP contribution in [0.3, 0.4) is 0 Å². The number of hydrogen-bond donors (Lipinski definition) is 2. The highest BCUT2D eigenvalue weighted by molar-refractivity contribution is 5.95. The van der Waals surface area contributed by atoms with Crippen LogP contribution in [0.4, 0.5) is 5.69 Å². The Kier molecular flexibility index (Phi) is 3.56. The maximum Gasteiger partial charge on any atom is 0.306 e. The molecule has 0 amide bonds. The molecule has 104 valence electrons. The first-order valence-electron chi connectivity index (χ1n) is 6.08. The number of nitro benzene ring substituents is 1. The molecule has 0 bridgehead atoms. The van der Waals surface area contributed by atoms with Crippen LogP contribution in [-0.4, -0.2) is 21.0 Å². The van der Waals surface area contributed by atoms with Crippen molar-refractivity contribution in [2.75, 3.05) is 0 Å². The Bertz CT molecular complexity index is 703. The van der Waals surface area contributed by atoms with E-state index in [1.807, 2.05) is 0 Å². The summed E-state index contributed by atoms with van der Waals surface area (Å²) in [5.74, 6) is -1.54. The lowest BCUT2D eigenvalue weighted by Gasteiger charge is -2.06. The van der Waals surface area contributed by atoms with Crippen molar-refractivity contribution in [2.45, 2.75) is 13.3 Å². The average molecular weight is 274 g/mol. The summed E-state index contributed by atoms with van der Waals surface area (Å²) in [6, 6.07) is 3.35. The van der Waals surface area contributed by atoms with Gasteiger partial charge in [0.1, 0.15) is 0 Å². The molecule has 1 atom stereocenters. The molecular formula is C14H14N2O4. The number of aromatic amines is 1. The van der Waals surface area contributed by atoms with E-state index in [9.17, 15) is 14.9 Å². The third-order valence-corrected chi connectivity index (χ3v) is 3.28. The third kappa shape index (κ3) is 2.27. The van der Waals surface area contributed by atoms with E-state index in [0.29, 0.717) is 22.0 Å². The van der Waals surface area contributed by atoms with Crippen molar-refractivity contribution in [3.05, 3.63) is 46.1 Å². The highest BCUT2D eigenvalue weighted by Gasteiger charge is 2.23. The standard InChI is InChI=1S/C14H14N2O4/c1-3-9-4-5-11-12(13(9)16(19)20)10(7-15-11)6-8(2)14(17)18/h3-5,7-8,15H,1,6H2,2H3,(H,17,18). The maximum atomic E-state index is 11.3. The molecule has 0 aliphatic rings. The number of carboxylic acids is 1. The normalized spacial score (nSPS) is 12.2. The minimum absolute atomic E-state index is 0.0358. The van der Waals surface area contributed by atoms with Gasteiger partial charge < -0.3 is 10.1 Å². The molecule has 6 heteroatoms. The Morgan fingerprint density at radius 1 is 1.60 bits per heavy atom. The molecule has 0 saturated carbocycles. The number of nitro groups is 1. The van der Waals surface area contributed by atoms with Gasteiger partial charge in [0.15, 0.2) is 0 Å². The van der Waals surface area contributed by atoms with Crippen molar-refractivity contribution in [2.24, 2.45) is 5.92 Å². The van der Waals surface area contributed by atoms with Gasteiger partial charge in [0.25, 0.3) is 5.69 Å². The molecule has 1 heterocycles. The number of hydrogen-bond acceptors (Lipinski definition) is 3. The fraction of sp³-hybridized carbons (Fsp3) is 0.214. The molecule has 1 unspecified atom stereocenters. The van der Waals surface area contributed by atoms with E-state index >= 15 is 0 Å². The van der Waals surface area contributed by atoms with E-state index in [2.05, 4.69) is 11.6 Å². The molecule has 2 aromatic rings. The van der Waals surface area contributed by atoms with Crippen molar-refractivity contribution < 1.29 is 14.8 Å². The number of fused-ring (bicyclic) bond motifs is 1. The van der Waals surface area contributed by atoms with Crippen molar-refractivity contribution >= 4 is 28.6 Å². The number of carboxylic acid groups (broad SMARTS) is 1. The molecule has 20 heavy (non-hydrogen) atoms. The summed E-state index contributed by atoms with van der Waals surface area (Å²) in [7, 11) is 0. The largest absolute Gasteiger partial charge is 0.481 e. The zero-order valence-electron chi connectivity index (χ0n) is 10.9. The summed E-state index contributed by atoms with van der Waals surface area (Å²) in [4.78, 5) is 24.7. The van der Waals surface area contributed by atoms with Gasteiger partial charge in [-0.25, -0.2) is 0 Å². The van der Waals surface area contributed by atoms with Crippen molar-refractivity contribution in [1.29, 1.82) is 0 Å². The fourth-order valence-electron chi connectivity index (χ4n) is 2.23. The van der Waals surface area contributed by atoms with Crippen LogP contribution in [0.2, 0.25) is 0 Å². The third-order valence-electron chi connectivity index (χ3n) is 3.28. The molecule has 2 N–H and O–H groups in total. The SMILES string of the molecule is C=Cc1ccc2[nH]cc(CC(C)C(=O)O)c2c1[N+](=O)[O-]. The molecule has 0 aliphatic carbocycles. The van der Waals surface area contributed by atoms with Gasteiger partial charge in [-0.2, -0.15) is 0 Å². The first-order valence-corrected chi connectivity index (χ1v) is 6.08. The second-order valence-electron chi connectivity index (χ2n) is 4.64. The number of benzene rings is 1. The highest BCUT2D eigenvalue weighted by Crippen LogP contribution is 2.33. The Morgan fingerprint density at radius 2 is 2.30 bits per heavy atom. The number of carbonyl (C=O) groups is 1. The van der Waals surface area contributed by atoms with Gasteiger partial charge in [0.2, 0.25) is 0 Å². The van der Waals surface area contributed by atoms with Gasteiger partial charge in [-0.15, -0.1) is 0 Å². The minimum Gasteiger partial charge on any atom is -0.481 e. The predicted molar refractivity (Wildman–Crippen MR) is 75.5 cm³/mol. The number of nitrogens with one attached hydrogen (secondary N) is 1. The number of aliphatic carboxylic acids is 1. The van der Waals surface area contributed by atoms with Gasteiger partial charge in [-0.1, -0.05) is 19.6 Å². The first kappa shape index (κ1) is 13.8. The molecule has 0 spiro atoms. The molecule has 1 aromatic heterocycles. The second kappa shape index (κ2) is 5.16. The molecule has 0 fully saturated rings. The number of aromatic nitrogens is 1. The van der Waals surface area contributed by atoms with E-state index in [4.69, 9.17) is 5.11 Å². The summed E-state index contributed by atoms with van der Waals surface area (Å²) < 4.78 is 0. The van der Waals surface area contributed by atoms with Gasteiger partial charge in [-0.05, 0) is 24.1 Å². The van der Waals surface area contributed by atoms with Gasteiger partial charge in [0, 0.05) is 6.20 Å². The van der Waals surface area contributed by atoms with Crippen LogP contribution >= 0.6 is 0 Å². The lowest BCUT2D eigenvalue weighted by atomic mass is 9.98. The van der Waals surface area contributed by atoms with E-state index in [1.54, 1.807) is 25.3 Å². The number of rotatable bonds is 5. The van der Waals surface area contributed by atoms with Crippen molar-refractivity contribution in [3.63, 3.8) is 0 Å². The Labute approximate surface area is 114 Å². The first-order chi connectivity index (χ1) is 9.45. The molecular weight excluding hydrogens is 260 g/mol. The number of nitrogens with zero attached hydrogens (tertiary/aromatic N) is 1. The van der Waals surface area contributed by atoms with Crippen molar-refractivity contribution in [3.8, 4) is 0 Å². The monoisotopic (exact) mass is 274 g/mol. The highest BCUT2D eigenvalue weighted by atomic mass is 16.6. The van der Waals surface area contributed by atoms with Gasteiger partial charge >= 0.3 is 5.97 Å². The topological polar surface area (TPSA) is 96.2 Å². The van der Waals surface area contributed by atoms with Crippen LogP contribution in [0.15, 0.2) is 24.9 Å². The van der Waals surface area contributed by atoms with Crippen molar-refractivity contribution in [1.82, 2.24) is 4.98 Å². The fourth-order valence-corrected chi connectivity index (χ4v) is 2.23. The van der Waals surface area contributed by atoms with E-state index in [1.165, 1.54) is 6.08 Å². The lowest BCUT2D eigenvalue weighted by molar-refractivity contribution is -0.383.